The van der Waals surface area contributed by atoms with Crippen LogP contribution in [-0.2, 0) is 4.79 Å². The standard InChI is InChI=1S/C20H25N5O2/c1-13(2)10-16(5)21-12-19(26)23-18-11-17(7-6-14(18)3)22-20(27)25-9-8-15(4)24-25/h6-11H,12H2,1-5H3,(H,22,27)(H,23,26). The maximum Gasteiger partial charge on any atom is 0.346 e. The first-order valence-corrected chi connectivity index (χ1v) is 8.64. The molecule has 2 N–H and O–H groups in total. The number of rotatable bonds is 5. The van der Waals surface area contributed by atoms with Gasteiger partial charge in [-0.05, 0) is 64.5 Å². The third kappa shape index (κ3) is 6.22. The normalized spacial score (nSPS) is 11.1. The summed E-state index contributed by atoms with van der Waals surface area (Å²) in [6.45, 7) is 9.55. The molecule has 142 valence electrons. The Balaban J connectivity index is 2.05. The zero-order valence-corrected chi connectivity index (χ0v) is 16.3. The van der Waals surface area contributed by atoms with E-state index in [1.807, 2.05) is 46.8 Å². The van der Waals surface area contributed by atoms with E-state index in [2.05, 4.69) is 20.7 Å². The Kier molecular flexibility index (Phi) is 6.65. The summed E-state index contributed by atoms with van der Waals surface area (Å²) in [5, 5.41) is 9.67. The Morgan fingerprint density at radius 3 is 2.52 bits per heavy atom. The Labute approximate surface area is 159 Å². The van der Waals surface area contributed by atoms with Gasteiger partial charge in [-0.2, -0.15) is 9.78 Å². The lowest BCUT2D eigenvalue weighted by Gasteiger charge is -2.11. The number of aromatic nitrogens is 2. The number of hydrogen-bond acceptors (Lipinski definition) is 4. The van der Waals surface area contributed by atoms with E-state index >= 15 is 0 Å². The highest BCUT2D eigenvalue weighted by atomic mass is 16.2. The highest BCUT2D eigenvalue weighted by Gasteiger charge is 2.09. The Morgan fingerprint density at radius 1 is 1.15 bits per heavy atom. The summed E-state index contributed by atoms with van der Waals surface area (Å²) in [4.78, 5) is 28.6. The Morgan fingerprint density at radius 2 is 1.89 bits per heavy atom. The molecule has 0 saturated carbocycles. The molecule has 0 aliphatic heterocycles. The van der Waals surface area contributed by atoms with Crippen LogP contribution in [0.1, 0.15) is 32.0 Å². The lowest BCUT2D eigenvalue weighted by Crippen LogP contribution is -2.20. The number of carbonyl (C=O) groups is 2. The molecule has 0 unspecified atom stereocenters. The van der Waals surface area contributed by atoms with Crippen LogP contribution < -0.4 is 10.6 Å². The van der Waals surface area contributed by atoms with Gasteiger partial charge in [0.2, 0.25) is 5.91 Å². The third-order valence-corrected chi connectivity index (χ3v) is 3.66. The number of hydrogen-bond donors (Lipinski definition) is 2. The second-order valence-corrected chi connectivity index (χ2v) is 6.59. The third-order valence-electron chi connectivity index (χ3n) is 3.66. The number of carbonyl (C=O) groups excluding carboxylic acids is 2. The molecular formula is C20H25N5O2. The fraction of sp³-hybridized carbons (Fsp3) is 0.300. The number of amides is 2. The molecule has 0 bridgehead atoms. The summed E-state index contributed by atoms with van der Waals surface area (Å²) in [6, 6.07) is 6.70. The van der Waals surface area contributed by atoms with Crippen molar-refractivity contribution in [3.63, 3.8) is 0 Å². The molecule has 0 atom stereocenters. The Hall–Kier alpha value is -3.22. The molecule has 27 heavy (non-hydrogen) atoms. The van der Waals surface area contributed by atoms with Gasteiger partial charge in [0.15, 0.2) is 0 Å². The van der Waals surface area contributed by atoms with E-state index in [0.29, 0.717) is 11.4 Å². The summed E-state index contributed by atoms with van der Waals surface area (Å²) in [5.74, 6) is -0.217. The van der Waals surface area contributed by atoms with Gasteiger partial charge < -0.3 is 10.6 Å². The highest BCUT2D eigenvalue weighted by molar-refractivity contribution is 5.98. The number of aliphatic imine (C=N–C) groups is 1. The highest BCUT2D eigenvalue weighted by Crippen LogP contribution is 2.20. The van der Waals surface area contributed by atoms with E-state index in [-0.39, 0.29) is 18.5 Å². The monoisotopic (exact) mass is 367 g/mol. The van der Waals surface area contributed by atoms with Gasteiger partial charge in [0.05, 0.1) is 5.69 Å². The van der Waals surface area contributed by atoms with Crippen LogP contribution in [-0.4, -0.2) is 34.0 Å². The minimum atomic E-state index is -0.369. The van der Waals surface area contributed by atoms with Gasteiger partial charge in [0, 0.05) is 23.3 Å². The van der Waals surface area contributed by atoms with Crippen LogP contribution in [0, 0.1) is 13.8 Å². The van der Waals surface area contributed by atoms with Gasteiger partial charge in [-0.3, -0.25) is 9.79 Å². The van der Waals surface area contributed by atoms with Crippen molar-refractivity contribution in [3.05, 3.63) is 53.4 Å². The van der Waals surface area contributed by atoms with E-state index in [9.17, 15) is 9.59 Å². The van der Waals surface area contributed by atoms with Crippen molar-refractivity contribution in [1.82, 2.24) is 9.78 Å². The summed E-state index contributed by atoms with van der Waals surface area (Å²) in [6.07, 6.45) is 3.51. The van der Waals surface area contributed by atoms with Crippen LogP contribution in [0.25, 0.3) is 0 Å². The quantitative estimate of drug-likeness (QED) is 0.784. The molecule has 7 heteroatoms. The van der Waals surface area contributed by atoms with E-state index in [0.717, 1.165) is 22.5 Å². The first-order valence-electron chi connectivity index (χ1n) is 8.64. The second kappa shape index (κ2) is 8.93. The molecule has 7 nitrogen and oxygen atoms in total. The fourth-order valence-electron chi connectivity index (χ4n) is 2.39. The van der Waals surface area contributed by atoms with Gasteiger partial charge in [-0.25, -0.2) is 4.79 Å². The van der Waals surface area contributed by atoms with Crippen LogP contribution in [0.4, 0.5) is 16.2 Å². The minimum Gasteiger partial charge on any atom is -0.324 e. The van der Waals surface area contributed by atoms with Gasteiger partial charge in [0.1, 0.15) is 6.54 Å². The van der Waals surface area contributed by atoms with Crippen molar-refractivity contribution in [1.29, 1.82) is 0 Å². The van der Waals surface area contributed by atoms with Crippen molar-refractivity contribution in [2.45, 2.75) is 34.6 Å². The zero-order valence-electron chi connectivity index (χ0n) is 16.3. The SMILES string of the molecule is CC(C)=CC(C)=NCC(=O)Nc1cc(NC(=O)n2ccc(C)n2)ccc1C. The van der Waals surface area contributed by atoms with Gasteiger partial charge in [-0.15, -0.1) is 0 Å². The number of aryl methyl sites for hydroxylation is 2. The Bertz CT molecular complexity index is 905. The molecule has 1 aromatic carbocycles. The summed E-state index contributed by atoms with van der Waals surface area (Å²) >= 11 is 0. The van der Waals surface area contributed by atoms with Crippen molar-refractivity contribution in [2.75, 3.05) is 17.2 Å². The first kappa shape index (κ1) is 20.1. The van der Waals surface area contributed by atoms with Gasteiger partial charge in [0.25, 0.3) is 0 Å². The van der Waals surface area contributed by atoms with Gasteiger partial charge in [-0.1, -0.05) is 11.6 Å². The zero-order chi connectivity index (χ0) is 20.0. The van der Waals surface area contributed by atoms with Gasteiger partial charge >= 0.3 is 6.03 Å². The maximum absolute atomic E-state index is 12.2. The predicted octanol–water partition coefficient (Wildman–Crippen LogP) is 3.95. The lowest BCUT2D eigenvalue weighted by atomic mass is 10.1. The van der Waals surface area contributed by atoms with E-state index in [4.69, 9.17) is 0 Å². The smallest absolute Gasteiger partial charge is 0.324 e. The molecule has 0 saturated heterocycles. The van der Waals surface area contributed by atoms with Crippen molar-refractivity contribution in [2.24, 2.45) is 4.99 Å². The molecule has 0 aliphatic rings. The average molecular weight is 367 g/mol. The topological polar surface area (TPSA) is 88.4 Å². The summed E-state index contributed by atoms with van der Waals surface area (Å²) in [5.41, 5.74) is 4.77. The minimum absolute atomic E-state index is 0.0399. The predicted molar refractivity (Wildman–Crippen MR) is 109 cm³/mol. The molecule has 2 rings (SSSR count). The van der Waals surface area contributed by atoms with Crippen LogP contribution in [0.5, 0.6) is 0 Å². The lowest BCUT2D eigenvalue weighted by molar-refractivity contribution is -0.114. The molecule has 0 radical (unpaired) electrons. The number of anilines is 2. The molecule has 0 fully saturated rings. The second-order valence-electron chi connectivity index (χ2n) is 6.59. The molecular weight excluding hydrogens is 342 g/mol. The molecule has 0 aliphatic carbocycles. The summed E-state index contributed by atoms with van der Waals surface area (Å²) < 4.78 is 1.23. The summed E-state index contributed by atoms with van der Waals surface area (Å²) in [7, 11) is 0. The van der Waals surface area contributed by atoms with Crippen molar-refractivity contribution in [3.8, 4) is 0 Å². The fourth-order valence-corrected chi connectivity index (χ4v) is 2.39. The molecule has 0 spiro atoms. The van der Waals surface area contributed by atoms with Crippen molar-refractivity contribution >= 4 is 29.0 Å². The largest absolute Gasteiger partial charge is 0.346 e. The first-order chi connectivity index (χ1) is 12.7. The van der Waals surface area contributed by atoms with Crippen LogP contribution in [0.15, 0.2) is 47.1 Å². The maximum atomic E-state index is 12.2. The number of nitrogens with zero attached hydrogens (tertiary/aromatic N) is 3. The molecule has 1 aromatic heterocycles. The molecule has 2 aromatic rings. The average Bonchev–Trinajstić information content (AvgIpc) is 3.02. The van der Waals surface area contributed by atoms with Crippen LogP contribution >= 0.6 is 0 Å². The van der Waals surface area contributed by atoms with E-state index in [1.165, 1.54) is 4.68 Å². The number of benzene rings is 1. The van der Waals surface area contributed by atoms with Crippen molar-refractivity contribution < 1.29 is 9.59 Å². The number of nitrogens with one attached hydrogen (secondary N) is 2. The van der Waals surface area contributed by atoms with E-state index in [1.54, 1.807) is 24.4 Å². The van der Waals surface area contributed by atoms with Crippen LogP contribution in [0.2, 0.25) is 0 Å². The molecule has 2 amide bonds. The molecule has 1 heterocycles. The van der Waals surface area contributed by atoms with Crippen LogP contribution in [0.3, 0.4) is 0 Å². The number of allylic oxidation sites excluding steroid dienone is 2. The van der Waals surface area contributed by atoms with E-state index < -0.39 is 0 Å².